The van der Waals surface area contributed by atoms with Gasteiger partial charge in [0.2, 0.25) is 5.91 Å². The Morgan fingerprint density at radius 2 is 2.03 bits per heavy atom. The van der Waals surface area contributed by atoms with Crippen LogP contribution in [0.1, 0.15) is 38.2 Å². The first-order valence-electron chi connectivity index (χ1n) is 11.4. The minimum absolute atomic E-state index is 0.0627. The lowest BCUT2D eigenvalue weighted by molar-refractivity contribution is -0.232. The SMILES string of the molecule is CO[C@@H]([C@@H]1CCCN1)[C@@H](C)C(=O)N[C@@H](Cc1ccccc1)C(=O)N1OC2C=CC1CC2. The molecule has 4 aliphatic rings. The summed E-state index contributed by atoms with van der Waals surface area (Å²) in [6, 6.07) is 9.15. The second kappa shape index (κ2) is 9.94. The predicted octanol–water partition coefficient (Wildman–Crippen LogP) is 1.98. The summed E-state index contributed by atoms with van der Waals surface area (Å²) in [4.78, 5) is 32.5. The van der Waals surface area contributed by atoms with Crippen LogP contribution in [-0.2, 0) is 25.6 Å². The molecule has 7 nitrogen and oxygen atoms in total. The summed E-state index contributed by atoms with van der Waals surface area (Å²) in [5.74, 6) is -0.755. The lowest BCUT2D eigenvalue weighted by Crippen LogP contribution is -2.57. The Kier molecular flexibility index (Phi) is 7.05. The highest BCUT2D eigenvalue weighted by Gasteiger charge is 2.39. The number of benzene rings is 1. The van der Waals surface area contributed by atoms with E-state index >= 15 is 0 Å². The number of rotatable bonds is 8. The maximum Gasteiger partial charge on any atom is 0.269 e. The molecule has 3 aliphatic heterocycles. The van der Waals surface area contributed by atoms with Crippen molar-refractivity contribution >= 4 is 11.8 Å². The van der Waals surface area contributed by atoms with Crippen LogP contribution in [-0.4, -0.2) is 60.9 Å². The Bertz CT molecular complexity index is 793. The standard InChI is InChI=1S/C24H33N3O4/c1-16(22(30-2)20-9-6-14-25-20)23(28)26-21(15-17-7-4-3-5-8-17)24(29)27-18-10-12-19(31-27)13-11-18/h3-5,7-8,10,12,16,18-22,25H,6,9,11,13-15H2,1-2H3,(H,26,28)/t16-,18?,19?,20+,21+,22-/m1/s1. The first kappa shape index (κ1) is 22.0. The minimum atomic E-state index is -0.695. The molecule has 168 valence electrons. The van der Waals surface area contributed by atoms with Crippen molar-refractivity contribution < 1.29 is 19.2 Å². The fourth-order valence-electron chi connectivity index (χ4n) is 4.87. The van der Waals surface area contributed by atoms with Crippen LogP contribution in [0.5, 0.6) is 0 Å². The van der Waals surface area contributed by atoms with Crippen molar-refractivity contribution in [2.24, 2.45) is 5.92 Å². The van der Waals surface area contributed by atoms with E-state index in [0.717, 1.165) is 37.8 Å². The zero-order valence-corrected chi connectivity index (χ0v) is 18.3. The molecule has 2 amide bonds. The fourth-order valence-corrected chi connectivity index (χ4v) is 4.87. The molecule has 1 aliphatic carbocycles. The van der Waals surface area contributed by atoms with Crippen LogP contribution in [0.3, 0.4) is 0 Å². The van der Waals surface area contributed by atoms with Crippen molar-refractivity contribution in [2.75, 3.05) is 13.7 Å². The van der Waals surface area contributed by atoms with Crippen molar-refractivity contribution in [1.29, 1.82) is 0 Å². The molecule has 5 rings (SSSR count). The molecule has 1 aromatic carbocycles. The Morgan fingerprint density at radius 1 is 1.23 bits per heavy atom. The Labute approximate surface area is 184 Å². The summed E-state index contributed by atoms with van der Waals surface area (Å²) < 4.78 is 5.68. The monoisotopic (exact) mass is 427 g/mol. The molecule has 2 saturated heterocycles. The van der Waals surface area contributed by atoms with Crippen molar-refractivity contribution in [2.45, 2.75) is 69.4 Å². The second-order valence-electron chi connectivity index (χ2n) is 8.78. The van der Waals surface area contributed by atoms with Crippen LogP contribution in [0.4, 0.5) is 0 Å². The molecule has 2 bridgehead atoms. The first-order chi connectivity index (χ1) is 15.1. The summed E-state index contributed by atoms with van der Waals surface area (Å²) in [6.07, 6.45) is 8.03. The molecule has 7 heteroatoms. The topological polar surface area (TPSA) is 79.9 Å². The number of carbonyl (C=O) groups is 2. The van der Waals surface area contributed by atoms with E-state index in [0.29, 0.717) is 6.42 Å². The Hall–Kier alpha value is -2.22. The lowest BCUT2D eigenvalue weighted by Gasteiger charge is -2.41. The molecule has 31 heavy (non-hydrogen) atoms. The molecule has 0 spiro atoms. The van der Waals surface area contributed by atoms with Gasteiger partial charge < -0.3 is 15.4 Å². The van der Waals surface area contributed by atoms with E-state index in [4.69, 9.17) is 9.57 Å². The van der Waals surface area contributed by atoms with Gasteiger partial charge >= 0.3 is 0 Å². The van der Waals surface area contributed by atoms with E-state index in [1.807, 2.05) is 49.4 Å². The predicted molar refractivity (Wildman–Crippen MR) is 117 cm³/mol. The summed E-state index contributed by atoms with van der Waals surface area (Å²) in [5.41, 5.74) is 0.993. The summed E-state index contributed by atoms with van der Waals surface area (Å²) in [5, 5.41) is 7.91. The van der Waals surface area contributed by atoms with Gasteiger partial charge in [0.1, 0.15) is 12.1 Å². The summed E-state index contributed by atoms with van der Waals surface area (Å²) >= 11 is 0. The van der Waals surface area contributed by atoms with Gasteiger partial charge in [-0.1, -0.05) is 49.4 Å². The lowest BCUT2D eigenvalue weighted by atomic mass is 9.94. The number of hydrogen-bond donors (Lipinski definition) is 2. The van der Waals surface area contributed by atoms with Gasteiger partial charge in [0.05, 0.1) is 18.1 Å². The van der Waals surface area contributed by atoms with Gasteiger partial charge in [-0.25, -0.2) is 5.06 Å². The van der Waals surface area contributed by atoms with Gasteiger partial charge in [0.25, 0.3) is 5.91 Å². The van der Waals surface area contributed by atoms with E-state index in [1.165, 1.54) is 5.06 Å². The third-order valence-electron chi connectivity index (χ3n) is 6.63. The van der Waals surface area contributed by atoms with Crippen molar-refractivity contribution in [3.8, 4) is 0 Å². The highest BCUT2D eigenvalue weighted by atomic mass is 16.7. The first-order valence-corrected chi connectivity index (χ1v) is 11.4. The molecular weight excluding hydrogens is 394 g/mol. The van der Waals surface area contributed by atoms with Crippen molar-refractivity contribution in [3.63, 3.8) is 0 Å². The zero-order valence-electron chi connectivity index (χ0n) is 18.3. The third-order valence-corrected chi connectivity index (χ3v) is 6.63. The number of nitrogens with one attached hydrogen (secondary N) is 2. The van der Waals surface area contributed by atoms with Gasteiger partial charge in [0, 0.05) is 19.6 Å². The smallest absolute Gasteiger partial charge is 0.269 e. The van der Waals surface area contributed by atoms with E-state index in [9.17, 15) is 9.59 Å². The molecule has 2 fully saturated rings. The van der Waals surface area contributed by atoms with Gasteiger partial charge in [0.15, 0.2) is 0 Å². The van der Waals surface area contributed by atoms with Gasteiger partial charge in [-0.2, -0.15) is 0 Å². The normalized spacial score (nSPS) is 27.7. The number of hydroxylamine groups is 2. The quantitative estimate of drug-likeness (QED) is 0.620. The summed E-state index contributed by atoms with van der Waals surface area (Å²) in [6.45, 7) is 2.81. The fraction of sp³-hybridized carbons (Fsp3) is 0.583. The average Bonchev–Trinajstić information content (AvgIpc) is 3.34. The van der Waals surface area contributed by atoms with Gasteiger partial charge in [-0.05, 0) is 37.8 Å². The molecule has 0 saturated carbocycles. The largest absolute Gasteiger partial charge is 0.379 e. The van der Waals surface area contributed by atoms with Crippen LogP contribution in [0.25, 0.3) is 0 Å². The third kappa shape index (κ3) is 5.00. The van der Waals surface area contributed by atoms with Crippen LogP contribution in [0.2, 0.25) is 0 Å². The number of fused-ring (bicyclic) bond motifs is 2. The van der Waals surface area contributed by atoms with Crippen LogP contribution in [0.15, 0.2) is 42.5 Å². The van der Waals surface area contributed by atoms with Crippen molar-refractivity contribution in [1.82, 2.24) is 15.7 Å². The number of carbonyl (C=O) groups excluding carboxylic acids is 2. The second-order valence-corrected chi connectivity index (χ2v) is 8.78. The number of hydrogen-bond acceptors (Lipinski definition) is 5. The van der Waals surface area contributed by atoms with Crippen LogP contribution < -0.4 is 10.6 Å². The van der Waals surface area contributed by atoms with Crippen LogP contribution >= 0.6 is 0 Å². The molecule has 0 aromatic heterocycles. The highest BCUT2D eigenvalue weighted by molar-refractivity contribution is 5.88. The minimum Gasteiger partial charge on any atom is -0.379 e. The maximum atomic E-state index is 13.5. The van der Waals surface area contributed by atoms with Crippen LogP contribution in [0, 0.1) is 5.92 Å². The molecule has 2 N–H and O–H groups in total. The van der Waals surface area contributed by atoms with E-state index in [1.54, 1.807) is 7.11 Å². The number of methoxy groups -OCH3 is 1. The van der Waals surface area contributed by atoms with E-state index in [-0.39, 0.29) is 42.0 Å². The maximum absolute atomic E-state index is 13.5. The van der Waals surface area contributed by atoms with Gasteiger partial charge in [-0.3, -0.25) is 14.4 Å². The highest BCUT2D eigenvalue weighted by Crippen LogP contribution is 2.28. The van der Waals surface area contributed by atoms with Gasteiger partial charge in [-0.15, -0.1) is 0 Å². The molecule has 1 aromatic rings. The number of amides is 2. The Morgan fingerprint density at radius 3 is 2.61 bits per heavy atom. The van der Waals surface area contributed by atoms with E-state index in [2.05, 4.69) is 10.6 Å². The average molecular weight is 428 g/mol. The van der Waals surface area contributed by atoms with E-state index < -0.39 is 6.04 Å². The molecule has 3 heterocycles. The zero-order chi connectivity index (χ0) is 21.8. The Balaban J connectivity index is 1.49. The molecular formula is C24H33N3O4. The summed E-state index contributed by atoms with van der Waals surface area (Å²) in [7, 11) is 1.64. The molecule has 0 radical (unpaired) electrons. The van der Waals surface area contributed by atoms with Crippen molar-refractivity contribution in [3.05, 3.63) is 48.0 Å². The number of nitrogens with zero attached hydrogens (tertiary/aromatic N) is 1. The number of ether oxygens (including phenoxy) is 1. The molecule has 6 atom stereocenters. The molecule has 2 unspecified atom stereocenters.